The maximum Gasteiger partial charge on any atom is 0.344 e. The van der Waals surface area contributed by atoms with Gasteiger partial charge in [-0.3, -0.25) is 0 Å². The zero-order valence-corrected chi connectivity index (χ0v) is 25.9. The zero-order valence-electron chi connectivity index (χ0n) is 25.9. The van der Waals surface area contributed by atoms with Gasteiger partial charge in [-0.25, -0.2) is 14.6 Å². The van der Waals surface area contributed by atoms with E-state index in [4.69, 9.17) is 23.7 Å². The highest BCUT2D eigenvalue weighted by molar-refractivity contribution is 6.02. The molecule has 0 fully saturated rings. The molecule has 10 nitrogen and oxygen atoms in total. The van der Waals surface area contributed by atoms with E-state index in [1.165, 1.54) is 7.11 Å². The van der Waals surface area contributed by atoms with E-state index < -0.39 is 23.5 Å². The molecule has 0 bridgehead atoms. The van der Waals surface area contributed by atoms with Crippen molar-refractivity contribution in [3.8, 4) is 23.0 Å². The van der Waals surface area contributed by atoms with Gasteiger partial charge < -0.3 is 33.4 Å². The van der Waals surface area contributed by atoms with Gasteiger partial charge in [0.2, 0.25) is 6.79 Å². The van der Waals surface area contributed by atoms with Gasteiger partial charge in [0.15, 0.2) is 18.1 Å². The zero-order chi connectivity index (χ0) is 31.3. The molecule has 1 unspecified atom stereocenters. The Morgan fingerprint density at radius 1 is 1.12 bits per heavy atom. The Morgan fingerprint density at radius 2 is 1.86 bits per heavy atom. The fourth-order valence-corrected chi connectivity index (χ4v) is 4.99. The predicted molar refractivity (Wildman–Crippen MR) is 161 cm³/mol. The Bertz CT molecular complexity index is 1520. The number of unbranched alkanes of at least 4 members (excludes halogenated alkanes) is 1. The number of hydrogen-bond acceptors (Lipinski definition) is 8. The van der Waals surface area contributed by atoms with Crippen LogP contribution in [0, 0.1) is 0 Å². The number of aromatic nitrogens is 2. The van der Waals surface area contributed by atoms with Gasteiger partial charge in [-0.15, -0.1) is 0 Å². The second-order valence-electron chi connectivity index (χ2n) is 11.4. The molecule has 2 aromatic carbocycles. The minimum atomic E-state index is -1.11. The number of hydrogen-bond donors (Lipinski definition) is 1. The summed E-state index contributed by atoms with van der Waals surface area (Å²) < 4.78 is 29.9. The summed E-state index contributed by atoms with van der Waals surface area (Å²) in [6.07, 6.45) is 4.37. The van der Waals surface area contributed by atoms with Gasteiger partial charge in [-0.1, -0.05) is 26.3 Å². The van der Waals surface area contributed by atoms with Gasteiger partial charge >= 0.3 is 11.9 Å². The lowest BCUT2D eigenvalue weighted by atomic mass is 9.85. The van der Waals surface area contributed by atoms with E-state index in [2.05, 4.69) is 11.9 Å². The lowest BCUT2D eigenvalue weighted by Crippen LogP contribution is -2.27. The highest BCUT2D eigenvalue weighted by Gasteiger charge is 2.30. The van der Waals surface area contributed by atoms with Gasteiger partial charge in [0.25, 0.3) is 0 Å². The number of carboxylic acids is 1. The number of benzene rings is 2. The number of aryl methyl sites for hydroxylation is 1. The summed E-state index contributed by atoms with van der Waals surface area (Å²) in [5.41, 5.74) is 1.65. The van der Waals surface area contributed by atoms with Crippen LogP contribution in [0.25, 0.3) is 5.57 Å². The standard InChI is InChI=1S/C33H40N2O8/c1-8-9-10-28-34-17-24(35(28)6)31(30(32(37)38)20(2)21-11-14-25-27(15-21)42-19-41-25)23-13-12-22(39-7)16-26(23)40-18-29(36)43-33(3,4)5/h11-17,20H,8-10,18-19H2,1-7H3,(H,37,38). The van der Waals surface area contributed by atoms with Gasteiger partial charge in [0, 0.05) is 36.6 Å². The van der Waals surface area contributed by atoms with E-state index in [0.717, 1.165) is 30.7 Å². The van der Waals surface area contributed by atoms with Gasteiger partial charge in [0.1, 0.15) is 22.9 Å². The van der Waals surface area contributed by atoms with Crippen LogP contribution >= 0.6 is 0 Å². The third-order valence-electron chi connectivity index (χ3n) is 7.15. The first-order chi connectivity index (χ1) is 20.4. The molecule has 0 aliphatic carbocycles. The van der Waals surface area contributed by atoms with Gasteiger partial charge in [-0.05, 0) is 57.0 Å². The van der Waals surface area contributed by atoms with E-state index in [-0.39, 0.29) is 24.7 Å². The number of aliphatic carboxylic acids is 1. The van der Waals surface area contributed by atoms with Crippen molar-refractivity contribution >= 4 is 17.5 Å². The summed E-state index contributed by atoms with van der Waals surface area (Å²) in [5.74, 6) is 0.508. The van der Waals surface area contributed by atoms with Crippen molar-refractivity contribution in [2.45, 2.75) is 65.4 Å². The number of fused-ring (bicyclic) bond motifs is 1. The molecule has 1 aliphatic rings. The first kappa shape index (κ1) is 31.5. The lowest BCUT2D eigenvalue weighted by Gasteiger charge is -2.23. The Labute approximate surface area is 252 Å². The fraction of sp³-hybridized carbons (Fsp3) is 0.424. The molecular weight excluding hydrogens is 552 g/mol. The quantitative estimate of drug-likeness (QED) is 0.202. The number of rotatable bonds is 12. The van der Waals surface area contributed by atoms with E-state index in [1.54, 1.807) is 57.3 Å². The van der Waals surface area contributed by atoms with Crippen LogP contribution in [0.1, 0.15) is 76.0 Å². The number of nitrogens with zero attached hydrogens (tertiary/aromatic N) is 2. The maximum absolute atomic E-state index is 13.2. The average molecular weight is 593 g/mol. The molecule has 1 N–H and O–H groups in total. The van der Waals surface area contributed by atoms with Crippen molar-refractivity contribution in [1.82, 2.24) is 9.55 Å². The van der Waals surface area contributed by atoms with Crippen LogP contribution in [0.2, 0.25) is 0 Å². The van der Waals surface area contributed by atoms with Crippen LogP contribution in [-0.4, -0.2) is 52.7 Å². The molecule has 230 valence electrons. The smallest absolute Gasteiger partial charge is 0.344 e. The summed E-state index contributed by atoms with van der Waals surface area (Å²) in [6, 6.07) is 10.5. The summed E-state index contributed by atoms with van der Waals surface area (Å²) in [5, 5.41) is 10.8. The van der Waals surface area contributed by atoms with Crippen LogP contribution in [0.3, 0.4) is 0 Å². The third-order valence-corrected chi connectivity index (χ3v) is 7.15. The summed E-state index contributed by atoms with van der Waals surface area (Å²) >= 11 is 0. The number of esters is 1. The monoisotopic (exact) mass is 592 g/mol. The minimum absolute atomic E-state index is 0.111. The number of ether oxygens (including phenoxy) is 5. The molecule has 0 saturated heterocycles. The maximum atomic E-state index is 13.2. The Kier molecular flexibility index (Phi) is 9.68. The molecule has 2 heterocycles. The van der Waals surface area contributed by atoms with Crippen LogP contribution < -0.4 is 18.9 Å². The molecule has 1 aromatic heterocycles. The highest BCUT2D eigenvalue weighted by Crippen LogP contribution is 2.42. The topological polar surface area (TPSA) is 118 Å². The lowest BCUT2D eigenvalue weighted by molar-refractivity contribution is -0.157. The molecule has 43 heavy (non-hydrogen) atoms. The predicted octanol–water partition coefficient (Wildman–Crippen LogP) is 5.91. The molecule has 10 heteroatoms. The summed E-state index contributed by atoms with van der Waals surface area (Å²) in [4.78, 5) is 30.5. The molecule has 4 rings (SSSR count). The van der Waals surface area contributed by atoms with Crippen molar-refractivity contribution in [3.05, 3.63) is 70.8 Å². The van der Waals surface area contributed by atoms with Crippen LogP contribution in [-0.2, 0) is 27.8 Å². The second kappa shape index (κ2) is 13.2. The van der Waals surface area contributed by atoms with Crippen molar-refractivity contribution in [2.24, 2.45) is 7.05 Å². The van der Waals surface area contributed by atoms with Crippen molar-refractivity contribution in [1.29, 1.82) is 0 Å². The molecular formula is C33H40N2O8. The van der Waals surface area contributed by atoms with E-state index >= 15 is 0 Å². The molecule has 1 atom stereocenters. The number of carboxylic acid groups (broad SMARTS) is 1. The van der Waals surface area contributed by atoms with Gasteiger partial charge in [-0.2, -0.15) is 0 Å². The van der Waals surface area contributed by atoms with Crippen molar-refractivity contribution in [2.75, 3.05) is 20.5 Å². The number of carbonyl (C=O) groups excluding carboxylic acids is 1. The molecule has 0 amide bonds. The fourth-order valence-electron chi connectivity index (χ4n) is 4.99. The Hall–Kier alpha value is -4.47. The molecule has 0 spiro atoms. The first-order valence-electron chi connectivity index (χ1n) is 14.3. The van der Waals surface area contributed by atoms with Crippen molar-refractivity contribution < 1.29 is 38.4 Å². The molecule has 1 aliphatic heterocycles. The Morgan fingerprint density at radius 3 is 2.53 bits per heavy atom. The highest BCUT2D eigenvalue weighted by atomic mass is 16.7. The van der Waals surface area contributed by atoms with E-state index in [1.807, 2.05) is 24.6 Å². The summed E-state index contributed by atoms with van der Waals surface area (Å²) in [7, 11) is 3.40. The largest absolute Gasteiger partial charge is 0.497 e. The van der Waals surface area contributed by atoms with E-state index in [9.17, 15) is 14.7 Å². The normalized spacial score (nSPS) is 13.7. The number of methoxy groups -OCH3 is 1. The average Bonchev–Trinajstić information content (AvgIpc) is 3.58. The number of carbonyl (C=O) groups is 2. The molecule has 0 radical (unpaired) electrons. The summed E-state index contributed by atoms with van der Waals surface area (Å²) in [6.45, 7) is 9.00. The van der Waals surface area contributed by atoms with Crippen LogP contribution in [0.4, 0.5) is 0 Å². The SMILES string of the molecule is CCCCc1ncc(C(=C(C(=O)O)C(C)c2ccc3c(c2)OCO3)c2ccc(OC)cc2OCC(=O)OC(C)(C)C)n1C. The second-order valence-corrected chi connectivity index (χ2v) is 11.4. The van der Waals surface area contributed by atoms with E-state index in [0.29, 0.717) is 34.1 Å². The van der Waals surface area contributed by atoms with Crippen LogP contribution in [0.5, 0.6) is 23.0 Å². The Balaban J connectivity index is 1.92. The van der Waals surface area contributed by atoms with Crippen LogP contribution in [0.15, 0.2) is 48.2 Å². The van der Waals surface area contributed by atoms with Crippen molar-refractivity contribution in [3.63, 3.8) is 0 Å². The molecule has 0 saturated carbocycles. The molecule has 3 aromatic rings. The third kappa shape index (κ3) is 7.31. The first-order valence-corrected chi connectivity index (χ1v) is 14.3. The number of imidazole rings is 1. The van der Waals surface area contributed by atoms with Gasteiger partial charge in [0.05, 0.1) is 24.6 Å². The minimum Gasteiger partial charge on any atom is -0.497 e.